The summed E-state index contributed by atoms with van der Waals surface area (Å²) in [5.41, 5.74) is 6.63. The third-order valence-corrected chi connectivity index (χ3v) is 2.38. The van der Waals surface area contributed by atoms with Crippen molar-refractivity contribution in [2.24, 2.45) is 11.1 Å². The van der Waals surface area contributed by atoms with Gasteiger partial charge in [-0.1, -0.05) is 20.8 Å². The van der Waals surface area contributed by atoms with Gasteiger partial charge < -0.3 is 11.1 Å². The van der Waals surface area contributed by atoms with E-state index in [0.717, 1.165) is 5.56 Å². The van der Waals surface area contributed by atoms with Crippen LogP contribution in [0.5, 0.6) is 0 Å². The molecule has 0 aromatic carbocycles. The van der Waals surface area contributed by atoms with E-state index in [1.165, 1.54) is 0 Å². The highest BCUT2D eigenvalue weighted by Crippen LogP contribution is 2.18. The molecule has 1 atom stereocenters. The summed E-state index contributed by atoms with van der Waals surface area (Å²) in [6.45, 7) is 7.74. The number of carbonyl (C=O) groups excluding carboxylic acids is 1. The molecule has 0 saturated carbocycles. The van der Waals surface area contributed by atoms with Gasteiger partial charge in [-0.05, 0) is 30.0 Å². The summed E-state index contributed by atoms with van der Waals surface area (Å²) in [5.74, 6) is 0.343. The molecule has 4 nitrogen and oxygen atoms in total. The second-order valence-electron chi connectivity index (χ2n) is 5.05. The van der Waals surface area contributed by atoms with Gasteiger partial charge in [0.15, 0.2) is 0 Å². The summed E-state index contributed by atoms with van der Waals surface area (Å²) in [6.07, 6.45) is 1.66. The smallest absolute Gasteiger partial charge is 0.242 e. The van der Waals surface area contributed by atoms with Crippen molar-refractivity contribution in [1.29, 1.82) is 0 Å². The van der Waals surface area contributed by atoms with Gasteiger partial charge in [0.05, 0.1) is 6.04 Å². The lowest BCUT2D eigenvalue weighted by Crippen LogP contribution is -2.45. The molecule has 88 valence electrons. The molecule has 0 fully saturated rings. The van der Waals surface area contributed by atoms with Gasteiger partial charge in [-0.25, -0.2) is 4.98 Å². The van der Waals surface area contributed by atoms with Crippen LogP contribution in [0.3, 0.4) is 0 Å². The van der Waals surface area contributed by atoms with Crippen LogP contribution in [-0.2, 0) is 4.79 Å². The molecule has 0 bridgehead atoms. The van der Waals surface area contributed by atoms with Crippen molar-refractivity contribution in [3.63, 3.8) is 0 Å². The second kappa shape index (κ2) is 4.61. The number of hydrogen-bond acceptors (Lipinski definition) is 3. The summed E-state index contributed by atoms with van der Waals surface area (Å²) < 4.78 is 0. The maximum atomic E-state index is 11.8. The SMILES string of the molecule is Cc1ccnc(NC(=O)[C@@H](N)C(C)(C)C)c1. The van der Waals surface area contributed by atoms with Crippen LogP contribution in [0.4, 0.5) is 5.82 Å². The Balaban J connectivity index is 2.72. The molecule has 0 radical (unpaired) electrons. The summed E-state index contributed by atoms with van der Waals surface area (Å²) in [5, 5.41) is 2.71. The minimum absolute atomic E-state index is 0.203. The van der Waals surface area contributed by atoms with Crippen LogP contribution >= 0.6 is 0 Å². The fourth-order valence-corrected chi connectivity index (χ4v) is 1.20. The highest BCUT2D eigenvalue weighted by atomic mass is 16.2. The molecule has 1 heterocycles. The van der Waals surface area contributed by atoms with Crippen molar-refractivity contribution >= 4 is 11.7 Å². The molecule has 3 N–H and O–H groups in total. The number of nitrogens with two attached hydrogens (primary N) is 1. The van der Waals surface area contributed by atoms with Gasteiger partial charge >= 0.3 is 0 Å². The van der Waals surface area contributed by atoms with Crippen LogP contribution in [0.15, 0.2) is 18.3 Å². The first-order valence-electron chi connectivity index (χ1n) is 5.30. The van der Waals surface area contributed by atoms with Crippen LogP contribution in [-0.4, -0.2) is 16.9 Å². The lowest BCUT2D eigenvalue weighted by molar-refractivity contribution is -0.119. The summed E-state index contributed by atoms with van der Waals surface area (Å²) >= 11 is 0. The molecule has 0 aliphatic rings. The van der Waals surface area contributed by atoms with E-state index in [1.807, 2.05) is 39.8 Å². The fraction of sp³-hybridized carbons (Fsp3) is 0.500. The molecule has 1 aromatic heterocycles. The van der Waals surface area contributed by atoms with Crippen molar-refractivity contribution in [3.05, 3.63) is 23.9 Å². The Morgan fingerprint density at radius 3 is 2.62 bits per heavy atom. The highest BCUT2D eigenvalue weighted by Gasteiger charge is 2.27. The monoisotopic (exact) mass is 221 g/mol. The lowest BCUT2D eigenvalue weighted by atomic mass is 9.87. The number of pyridine rings is 1. The molecule has 1 rings (SSSR count). The number of rotatable bonds is 2. The Bertz CT molecular complexity index is 382. The minimum atomic E-state index is -0.546. The molecule has 1 aromatic rings. The van der Waals surface area contributed by atoms with Gasteiger partial charge in [0.1, 0.15) is 5.82 Å². The van der Waals surface area contributed by atoms with Gasteiger partial charge in [0.2, 0.25) is 5.91 Å². The molecule has 0 unspecified atom stereocenters. The van der Waals surface area contributed by atoms with Crippen molar-refractivity contribution in [1.82, 2.24) is 4.98 Å². The van der Waals surface area contributed by atoms with Crippen LogP contribution in [0.1, 0.15) is 26.3 Å². The summed E-state index contributed by atoms with van der Waals surface area (Å²) in [4.78, 5) is 15.9. The number of anilines is 1. The van der Waals surface area contributed by atoms with Crippen LogP contribution in [0, 0.1) is 12.3 Å². The van der Waals surface area contributed by atoms with E-state index in [-0.39, 0.29) is 11.3 Å². The molecular weight excluding hydrogens is 202 g/mol. The topological polar surface area (TPSA) is 68.0 Å². The Morgan fingerprint density at radius 1 is 1.50 bits per heavy atom. The molecule has 0 aliphatic carbocycles. The summed E-state index contributed by atoms with van der Waals surface area (Å²) in [6, 6.07) is 3.14. The van der Waals surface area contributed by atoms with E-state index in [9.17, 15) is 4.79 Å². The maximum absolute atomic E-state index is 11.8. The zero-order valence-electron chi connectivity index (χ0n) is 10.2. The number of aryl methyl sites for hydroxylation is 1. The predicted molar refractivity (Wildman–Crippen MR) is 65.0 cm³/mol. The van der Waals surface area contributed by atoms with E-state index in [2.05, 4.69) is 10.3 Å². The predicted octanol–water partition coefficient (Wildman–Crippen LogP) is 1.70. The number of carbonyl (C=O) groups is 1. The van der Waals surface area contributed by atoms with E-state index in [1.54, 1.807) is 6.20 Å². The lowest BCUT2D eigenvalue weighted by Gasteiger charge is -2.25. The second-order valence-corrected chi connectivity index (χ2v) is 5.05. The molecule has 0 spiro atoms. The van der Waals surface area contributed by atoms with Crippen molar-refractivity contribution in [2.45, 2.75) is 33.7 Å². The van der Waals surface area contributed by atoms with Gasteiger partial charge in [-0.3, -0.25) is 4.79 Å². The first-order chi connectivity index (χ1) is 7.30. The first-order valence-corrected chi connectivity index (χ1v) is 5.30. The largest absolute Gasteiger partial charge is 0.319 e. The molecule has 1 amide bonds. The number of hydrogen-bond donors (Lipinski definition) is 2. The van der Waals surface area contributed by atoms with E-state index in [0.29, 0.717) is 5.82 Å². The Morgan fingerprint density at radius 2 is 2.12 bits per heavy atom. The average molecular weight is 221 g/mol. The molecule has 0 saturated heterocycles. The fourth-order valence-electron chi connectivity index (χ4n) is 1.20. The van der Waals surface area contributed by atoms with Gasteiger partial charge in [0.25, 0.3) is 0 Å². The molecule has 16 heavy (non-hydrogen) atoms. The third kappa shape index (κ3) is 3.31. The van der Waals surface area contributed by atoms with Crippen molar-refractivity contribution in [2.75, 3.05) is 5.32 Å². The third-order valence-electron chi connectivity index (χ3n) is 2.38. The van der Waals surface area contributed by atoms with Crippen molar-refractivity contribution < 1.29 is 4.79 Å². The van der Waals surface area contributed by atoms with Crippen LogP contribution < -0.4 is 11.1 Å². The van der Waals surface area contributed by atoms with Gasteiger partial charge in [-0.15, -0.1) is 0 Å². The molecule has 4 heteroatoms. The zero-order chi connectivity index (χ0) is 12.3. The number of nitrogens with zero attached hydrogens (tertiary/aromatic N) is 1. The number of nitrogens with one attached hydrogen (secondary N) is 1. The van der Waals surface area contributed by atoms with Gasteiger partial charge in [0, 0.05) is 6.20 Å². The summed E-state index contributed by atoms with van der Waals surface area (Å²) in [7, 11) is 0. The van der Waals surface area contributed by atoms with Crippen molar-refractivity contribution in [3.8, 4) is 0 Å². The average Bonchev–Trinajstić information content (AvgIpc) is 2.15. The van der Waals surface area contributed by atoms with Gasteiger partial charge in [-0.2, -0.15) is 0 Å². The quantitative estimate of drug-likeness (QED) is 0.798. The van der Waals surface area contributed by atoms with Crippen LogP contribution in [0.25, 0.3) is 0 Å². The number of aromatic nitrogens is 1. The number of amides is 1. The Hall–Kier alpha value is -1.42. The molecule has 0 aliphatic heterocycles. The Kier molecular flexibility index (Phi) is 3.65. The van der Waals surface area contributed by atoms with E-state index in [4.69, 9.17) is 5.73 Å². The first kappa shape index (κ1) is 12.6. The van der Waals surface area contributed by atoms with E-state index >= 15 is 0 Å². The highest BCUT2D eigenvalue weighted by molar-refractivity contribution is 5.94. The zero-order valence-corrected chi connectivity index (χ0v) is 10.2. The molecular formula is C12H19N3O. The Labute approximate surface area is 96.3 Å². The van der Waals surface area contributed by atoms with E-state index < -0.39 is 6.04 Å². The maximum Gasteiger partial charge on any atom is 0.242 e. The normalized spacial score (nSPS) is 13.3. The standard InChI is InChI=1S/C12H19N3O/c1-8-5-6-14-9(7-8)15-11(16)10(13)12(2,3)4/h5-7,10H,13H2,1-4H3,(H,14,15,16)/t10-/m1/s1. The van der Waals surface area contributed by atoms with Crippen LogP contribution in [0.2, 0.25) is 0 Å². The minimum Gasteiger partial charge on any atom is -0.319 e.